The Hall–Kier alpha value is -3.42. The summed E-state index contributed by atoms with van der Waals surface area (Å²) in [5, 5.41) is 7.84. The molecule has 1 aliphatic heterocycles. The first-order valence-electron chi connectivity index (χ1n) is 11.7. The zero-order valence-electron chi connectivity index (χ0n) is 21.3. The number of sulfonamides is 1. The highest BCUT2D eigenvalue weighted by Gasteiger charge is 2.30. The summed E-state index contributed by atoms with van der Waals surface area (Å²) in [4.78, 5) is 4.46. The molecule has 3 N–H and O–H groups in total. The van der Waals surface area contributed by atoms with Crippen molar-refractivity contribution in [3.8, 4) is 34.6 Å². The third-order valence-corrected chi connectivity index (χ3v) is 7.94. The quantitative estimate of drug-likeness (QED) is 0.409. The zero-order chi connectivity index (χ0) is 25.7. The molecule has 4 rings (SSSR count). The maximum absolute atomic E-state index is 13.4. The van der Waals surface area contributed by atoms with Gasteiger partial charge in [-0.3, -0.25) is 9.29 Å². The highest BCUT2D eigenvalue weighted by Crippen LogP contribution is 2.38. The van der Waals surface area contributed by atoms with E-state index in [-0.39, 0.29) is 26.0 Å². The summed E-state index contributed by atoms with van der Waals surface area (Å²) in [6, 6.07) is 10.5. The molecular formula is C24H37N5O7S. The monoisotopic (exact) mass is 539 g/mol. The van der Waals surface area contributed by atoms with Crippen molar-refractivity contribution in [1.82, 2.24) is 19.7 Å². The Kier molecular flexibility index (Phi) is 9.29. The van der Waals surface area contributed by atoms with E-state index in [0.29, 0.717) is 48.4 Å². The van der Waals surface area contributed by atoms with Gasteiger partial charge in [-0.2, -0.15) is 0 Å². The van der Waals surface area contributed by atoms with E-state index in [2.05, 4.69) is 19.9 Å². The minimum absolute atomic E-state index is 0. The predicted molar refractivity (Wildman–Crippen MR) is 142 cm³/mol. The highest BCUT2D eigenvalue weighted by atomic mass is 32.2. The Bertz CT molecular complexity index is 1280. The largest absolute Gasteiger partial charge is 0.494 e. The van der Waals surface area contributed by atoms with Crippen molar-refractivity contribution in [2.75, 3.05) is 39.3 Å². The minimum Gasteiger partial charge on any atom is -0.494 e. The van der Waals surface area contributed by atoms with Gasteiger partial charge in [0, 0.05) is 22.1 Å². The van der Waals surface area contributed by atoms with E-state index in [1.165, 1.54) is 25.9 Å². The minimum atomic E-state index is -3.80. The third-order valence-electron chi connectivity index (χ3n) is 6.22. The fraction of sp³-hybridized carbons (Fsp3) is 0.458. The first kappa shape index (κ1) is 28.2. The standard InChI is InChI=1S/C24H31N5O6S.H2O.2H2/c1-16(15-17-11-13-35-14-12-17)36(30,31)28-24-27-26-23(18-7-5-10-21(25-18)34-4)29(24)22-19(32-2)8-6-9-20(22)33-3;;;/h5-10,16-17H,11-15H2,1-4H3,(H,27,28);1H2;2*1H/t16-;;;/m1.../s1. The number of hydrogen-bond acceptors (Lipinski definition) is 9. The maximum atomic E-state index is 13.4. The first-order valence-corrected chi connectivity index (χ1v) is 13.2. The van der Waals surface area contributed by atoms with Gasteiger partial charge < -0.3 is 24.4 Å². The van der Waals surface area contributed by atoms with Gasteiger partial charge in [-0.15, -0.1) is 10.2 Å². The van der Waals surface area contributed by atoms with Gasteiger partial charge in [-0.25, -0.2) is 13.4 Å². The molecule has 0 unspecified atom stereocenters. The lowest BCUT2D eigenvalue weighted by atomic mass is 9.95. The number of nitrogens with one attached hydrogen (secondary N) is 1. The lowest BCUT2D eigenvalue weighted by Crippen LogP contribution is -2.30. The number of pyridine rings is 1. The summed E-state index contributed by atoms with van der Waals surface area (Å²) in [6.45, 7) is 3.01. The van der Waals surface area contributed by atoms with E-state index < -0.39 is 15.3 Å². The Labute approximate surface area is 219 Å². The molecule has 12 nitrogen and oxygen atoms in total. The molecule has 0 saturated carbocycles. The molecule has 3 heterocycles. The fourth-order valence-corrected chi connectivity index (χ4v) is 5.35. The topological polar surface area (TPSA) is 158 Å². The zero-order valence-corrected chi connectivity index (χ0v) is 22.1. The normalized spacial score (nSPS) is 14.9. The van der Waals surface area contributed by atoms with E-state index >= 15 is 0 Å². The van der Waals surface area contributed by atoms with Gasteiger partial charge >= 0.3 is 0 Å². The number of methoxy groups -OCH3 is 3. The average Bonchev–Trinajstić information content (AvgIpc) is 3.30. The van der Waals surface area contributed by atoms with Crippen LogP contribution in [0.4, 0.5) is 5.95 Å². The second-order valence-corrected chi connectivity index (χ2v) is 10.6. The van der Waals surface area contributed by atoms with Gasteiger partial charge in [0.25, 0.3) is 0 Å². The van der Waals surface area contributed by atoms with E-state index in [4.69, 9.17) is 18.9 Å². The molecule has 2 aromatic heterocycles. The Morgan fingerprint density at radius 2 is 1.70 bits per heavy atom. The number of rotatable bonds is 10. The van der Waals surface area contributed by atoms with Gasteiger partial charge in [0.2, 0.25) is 21.9 Å². The van der Waals surface area contributed by atoms with Crippen LogP contribution in [-0.2, 0) is 14.8 Å². The molecule has 0 aliphatic carbocycles. The van der Waals surface area contributed by atoms with E-state index in [0.717, 1.165) is 12.8 Å². The summed E-state index contributed by atoms with van der Waals surface area (Å²) < 4.78 is 52.8. The second kappa shape index (κ2) is 12.2. The molecule has 0 bridgehead atoms. The molecular weight excluding hydrogens is 502 g/mol. The summed E-state index contributed by atoms with van der Waals surface area (Å²) in [6.07, 6.45) is 2.22. The fourth-order valence-electron chi connectivity index (χ4n) is 4.24. The number of benzene rings is 1. The molecule has 37 heavy (non-hydrogen) atoms. The Morgan fingerprint density at radius 3 is 2.32 bits per heavy atom. The van der Waals surface area contributed by atoms with Crippen molar-refractivity contribution in [2.45, 2.75) is 31.4 Å². The summed E-state index contributed by atoms with van der Waals surface area (Å²) in [5.41, 5.74) is 0.859. The number of anilines is 1. The highest BCUT2D eigenvalue weighted by molar-refractivity contribution is 7.93. The molecule has 1 aromatic carbocycles. The average molecular weight is 540 g/mol. The summed E-state index contributed by atoms with van der Waals surface area (Å²) in [7, 11) is 0.748. The van der Waals surface area contributed by atoms with E-state index in [9.17, 15) is 8.42 Å². The summed E-state index contributed by atoms with van der Waals surface area (Å²) in [5.74, 6) is 1.82. The Balaban J connectivity index is 0.00000253. The van der Waals surface area contributed by atoms with Crippen LogP contribution in [0.3, 0.4) is 0 Å². The van der Waals surface area contributed by atoms with Crippen molar-refractivity contribution in [3.05, 3.63) is 36.4 Å². The summed E-state index contributed by atoms with van der Waals surface area (Å²) >= 11 is 0. The SMILES string of the molecule is COc1cccc(-c2nnc(NS(=O)(=O)[C@H](C)CC3CCOCC3)n2-c2c(OC)cccc2OC)n1.O.[HH].[HH]. The van der Waals surface area contributed by atoms with Gasteiger partial charge in [0.15, 0.2) is 5.82 Å². The number of aromatic nitrogens is 4. The molecule has 1 saturated heterocycles. The molecule has 0 spiro atoms. The van der Waals surface area contributed by atoms with Crippen molar-refractivity contribution in [1.29, 1.82) is 0 Å². The lowest BCUT2D eigenvalue weighted by Gasteiger charge is -2.25. The van der Waals surface area contributed by atoms with Crippen molar-refractivity contribution in [3.63, 3.8) is 0 Å². The van der Waals surface area contributed by atoms with Crippen LogP contribution in [0.1, 0.15) is 29.0 Å². The van der Waals surface area contributed by atoms with E-state index in [1.54, 1.807) is 43.3 Å². The smallest absolute Gasteiger partial charge is 0.243 e. The lowest BCUT2D eigenvalue weighted by molar-refractivity contribution is 0.0639. The predicted octanol–water partition coefficient (Wildman–Crippen LogP) is 2.97. The first-order chi connectivity index (χ1) is 17.4. The van der Waals surface area contributed by atoms with Gasteiger partial charge in [-0.1, -0.05) is 12.1 Å². The van der Waals surface area contributed by atoms with Crippen LogP contribution in [0, 0.1) is 5.92 Å². The van der Waals surface area contributed by atoms with Crippen molar-refractivity contribution in [2.24, 2.45) is 5.92 Å². The van der Waals surface area contributed by atoms with Gasteiger partial charge in [0.05, 0.1) is 26.6 Å². The third kappa shape index (κ3) is 6.12. The number of para-hydroxylation sites is 1. The van der Waals surface area contributed by atoms with Gasteiger partial charge in [-0.05, 0) is 50.3 Å². The number of nitrogens with zero attached hydrogens (tertiary/aromatic N) is 4. The number of ether oxygens (including phenoxy) is 4. The van der Waals surface area contributed by atoms with Crippen LogP contribution in [0.25, 0.3) is 17.2 Å². The van der Waals surface area contributed by atoms with Crippen LogP contribution in [0.5, 0.6) is 17.4 Å². The van der Waals surface area contributed by atoms with Gasteiger partial charge in [0.1, 0.15) is 22.9 Å². The molecule has 1 atom stereocenters. The van der Waals surface area contributed by atoms with Crippen molar-refractivity contribution < 1.29 is 35.7 Å². The molecule has 3 aromatic rings. The molecule has 1 aliphatic rings. The maximum Gasteiger partial charge on any atom is 0.243 e. The number of hydrogen-bond donors (Lipinski definition) is 1. The van der Waals surface area contributed by atoms with Crippen LogP contribution >= 0.6 is 0 Å². The molecule has 1 fully saturated rings. The van der Waals surface area contributed by atoms with Crippen LogP contribution in [0.2, 0.25) is 0 Å². The molecule has 13 heteroatoms. The van der Waals surface area contributed by atoms with E-state index in [1.807, 2.05) is 0 Å². The van der Waals surface area contributed by atoms with Crippen LogP contribution in [0.15, 0.2) is 36.4 Å². The molecule has 206 valence electrons. The molecule has 0 amide bonds. The van der Waals surface area contributed by atoms with Crippen molar-refractivity contribution >= 4 is 16.0 Å². The van der Waals surface area contributed by atoms with Crippen LogP contribution < -0.4 is 18.9 Å². The molecule has 0 radical (unpaired) electrons. The Morgan fingerprint density at radius 1 is 1.05 bits per heavy atom. The second-order valence-electron chi connectivity index (χ2n) is 8.51. The van der Waals surface area contributed by atoms with Crippen LogP contribution in [-0.4, -0.2) is 73.4 Å².